The van der Waals surface area contributed by atoms with Crippen LogP contribution in [0.1, 0.15) is 15.9 Å². The quantitative estimate of drug-likeness (QED) is 0.440. The molecule has 0 atom stereocenters. The maximum atomic E-state index is 12.1. The van der Waals surface area contributed by atoms with Crippen LogP contribution in [0.2, 0.25) is 0 Å². The van der Waals surface area contributed by atoms with Gasteiger partial charge in [0.1, 0.15) is 28.5 Å². The van der Waals surface area contributed by atoms with Crippen LogP contribution in [0.25, 0.3) is 21.9 Å². The number of nitrogens with two attached hydrogens (primary N) is 1. The number of benzene rings is 2. The number of fused-ring (bicyclic) bond motifs is 2. The van der Waals surface area contributed by atoms with Gasteiger partial charge in [0.2, 0.25) is 0 Å². The lowest BCUT2D eigenvalue weighted by Crippen LogP contribution is -2.17. The first kappa shape index (κ1) is 19.0. The molecule has 0 aliphatic heterocycles. The fourth-order valence-electron chi connectivity index (χ4n) is 3.22. The summed E-state index contributed by atoms with van der Waals surface area (Å²) in [5.74, 6) is -0.658. The second-order valence-corrected chi connectivity index (χ2v) is 6.79. The van der Waals surface area contributed by atoms with Gasteiger partial charge in [-0.05, 0) is 47.7 Å². The number of anilines is 2. The van der Waals surface area contributed by atoms with Crippen molar-refractivity contribution in [3.05, 3.63) is 78.0 Å². The number of nitrogens with one attached hydrogen (secondary N) is 1. The second kappa shape index (κ2) is 7.66. The van der Waals surface area contributed by atoms with Gasteiger partial charge in [0.25, 0.3) is 11.8 Å². The van der Waals surface area contributed by atoms with E-state index in [2.05, 4.69) is 25.6 Å². The van der Waals surface area contributed by atoms with Gasteiger partial charge in [0.15, 0.2) is 0 Å². The van der Waals surface area contributed by atoms with Gasteiger partial charge in [0, 0.05) is 17.3 Å². The molecule has 3 N–H and O–H groups in total. The Morgan fingerprint density at radius 3 is 2.81 bits per heavy atom. The van der Waals surface area contributed by atoms with E-state index in [1.54, 1.807) is 24.4 Å². The molecule has 0 fully saturated rings. The zero-order valence-corrected chi connectivity index (χ0v) is 16.4. The van der Waals surface area contributed by atoms with Crippen molar-refractivity contribution in [2.75, 3.05) is 5.32 Å². The van der Waals surface area contributed by atoms with Crippen molar-refractivity contribution in [1.29, 1.82) is 5.26 Å². The molecule has 1 amide bonds. The Morgan fingerprint density at radius 1 is 1.09 bits per heavy atom. The Kier molecular flexibility index (Phi) is 4.54. The molecule has 0 bridgehead atoms. The van der Waals surface area contributed by atoms with Crippen LogP contribution in [-0.4, -0.2) is 31.0 Å². The van der Waals surface area contributed by atoms with Crippen LogP contribution in [-0.2, 0) is 0 Å². The summed E-state index contributed by atoms with van der Waals surface area (Å²) in [7, 11) is 0. The topological polar surface area (TPSA) is 145 Å². The second-order valence-electron chi connectivity index (χ2n) is 6.79. The van der Waals surface area contributed by atoms with E-state index in [9.17, 15) is 10.1 Å². The summed E-state index contributed by atoms with van der Waals surface area (Å²) in [5, 5.41) is 21.5. The number of rotatable bonds is 5. The number of hydrogen-bond acceptors (Lipinski definition) is 8. The predicted molar refractivity (Wildman–Crippen MR) is 116 cm³/mol. The number of aromatic nitrogens is 5. The van der Waals surface area contributed by atoms with E-state index in [1.807, 2.05) is 42.5 Å². The van der Waals surface area contributed by atoms with Crippen molar-refractivity contribution in [2.45, 2.75) is 0 Å². The highest BCUT2D eigenvalue weighted by atomic mass is 16.7. The van der Waals surface area contributed by atoms with Crippen LogP contribution in [0.4, 0.5) is 11.5 Å². The number of amides is 1. The molecule has 154 valence electrons. The van der Waals surface area contributed by atoms with Gasteiger partial charge >= 0.3 is 0 Å². The average molecular weight is 422 g/mol. The average Bonchev–Trinajstić information content (AvgIpc) is 3.22. The lowest BCUT2D eigenvalue weighted by atomic mass is 10.1. The fraction of sp³-hybridized carbons (Fsp3) is 0. The smallest absolute Gasteiger partial charge is 0.268 e. The minimum atomic E-state index is -0.739. The molecular formula is C22H14N8O2. The van der Waals surface area contributed by atoms with Crippen LogP contribution >= 0.6 is 0 Å². The molecule has 3 heterocycles. The molecule has 0 spiro atoms. The molecule has 0 radical (unpaired) electrons. The highest BCUT2D eigenvalue weighted by molar-refractivity contribution is 5.99. The van der Waals surface area contributed by atoms with E-state index in [-0.39, 0.29) is 22.8 Å². The lowest BCUT2D eigenvalue weighted by Gasteiger charge is -2.13. The van der Waals surface area contributed by atoms with E-state index in [0.717, 1.165) is 15.7 Å². The van der Waals surface area contributed by atoms with E-state index in [4.69, 9.17) is 10.6 Å². The van der Waals surface area contributed by atoms with Gasteiger partial charge in [-0.2, -0.15) is 10.2 Å². The Hall–Kier alpha value is -5.04. The third-order valence-corrected chi connectivity index (χ3v) is 4.73. The molecule has 0 unspecified atom stereocenters. The molecule has 0 saturated heterocycles. The summed E-state index contributed by atoms with van der Waals surface area (Å²) >= 11 is 0. The maximum Gasteiger partial charge on any atom is 0.268 e. The Balaban J connectivity index is 1.57. The van der Waals surface area contributed by atoms with Crippen LogP contribution in [0, 0.1) is 11.3 Å². The highest BCUT2D eigenvalue weighted by Crippen LogP contribution is 2.27. The number of carbonyl (C=O) groups is 1. The molecule has 5 rings (SSSR count). The van der Waals surface area contributed by atoms with Crippen LogP contribution in [0.15, 0.2) is 66.9 Å². The first-order valence-corrected chi connectivity index (χ1v) is 9.48. The molecule has 5 aromatic rings. The van der Waals surface area contributed by atoms with Crippen LogP contribution in [0.3, 0.4) is 0 Å². The number of primary amides is 1. The van der Waals surface area contributed by atoms with Crippen LogP contribution in [0.5, 0.6) is 5.88 Å². The monoisotopic (exact) mass is 422 g/mol. The predicted octanol–water partition coefficient (Wildman–Crippen LogP) is 2.93. The molecule has 32 heavy (non-hydrogen) atoms. The number of nitrogens with zero attached hydrogens (tertiary/aromatic N) is 6. The molecule has 0 saturated carbocycles. The highest BCUT2D eigenvalue weighted by Gasteiger charge is 2.19. The van der Waals surface area contributed by atoms with E-state index >= 15 is 0 Å². The maximum absolute atomic E-state index is 12.1. The van der Waals surface area contributed by atoms with Crippen molar-refractivity contribution < 1.29 is 9.63 Å². The summed E-state index contributed by atoms with van der Waals surface area (Å²) in [6.07, 6.45) is 1.71. The van der Waals surface area contributed by atoms with Gasteiger partial charge in [-0.15, -0.1) is 5.10 Å². The van der Waals surface area contributed by atoms with Crippen LogP contribution < -0.4 is 15.9 Å². The summed E-state index contributed by atoms with van der Waals surface area (Å²) in [6, 6.07) is 19.7. The molecule has 2 aromatic carbocycles. The number of hydrogen-bond donors (Lipinski definition) is 2. The van der Waals surface area contributed by atoms with Crippen molar-refractivity contribution >= 4 is 39.3 Å². The third kappa shape index (κ3) is 3.40. The number of carbonyl (C=O) groups excluding carboxylic acids is 1. The molecule has 10 heteroatoms. The Bertz CT molecular complexity index is 1540. The third-order valence-electron chi connectivity index (χ3n) is 4.73. The normalized spacial score (nSPS) is 10.7. The molecule has 0 aliphatic carbocycles. The van der Waals surface area contributed by atoms with Crippen molar-refractivity contribution in [3.63, 3.8) is 0 Å². The number of nitriles is 1. The standard InChI is InChI=1S/C22H14N8O2/c23-12-14-11-16(20(24)31)21(26-15-7-8-17-13(10-15)4-3-9-25-17)27-22(14)32-30-19-6-2-1-5-18(19)28-29-30/h1-11H,(H2,24,31)(H,26,27). The zero-order chi connectivity index (χ0) is 22.1. The fourth-order valence-corrected chi connectivity index (χ4v) is 3.22. The molecule has 3 aromatic heterocycles. The SMILES string of the molecule is N#Cc1cc(C(N)=O)c(Nc2ccc3ncccc3c2)nc1On1nnc2ccccc21. The van der Waals surface area contributed by atoms with Gasteiger partial charge in [-0.1, -0.05) is 23.0 Å². The molecule has 0 aliphatic rings. The summed E-state index contributed by atoms with van der Waals surface area (Å²) < 4.78 is 0. The Morgan fingerprint density at radius 2 is 1.97 bits per heavy atom. The van der Waals surface area contributed by atoms with Gasteiger partial charge in [0.05, 0.1) is 11.1 Å². The van der Waals surface area contributed by atoms with Gasteiger partial charge in [-0.25, -0.2) is 0 Å². The van der Waals surface area contributed by atoms with Crippen molar-refractivity contribution in [2.24, 2.45) is 5.73 Å². The van der Waals surface area contributed by atoms with Gasteiger partial charge in [-0.3, -0.25) is 9.78 Å². The minimum Gasteiger partial charge on any atom is -0.365 e. The number of pyridine rings is 2. The lowest BCUT2D eigenvalue weighted by molar-refractivity contribution is 0.100. The van der Waals surface area contributed by atoms with Gasteiger partial charge < -0.3 is 15.9 Å². The summed E-state index contributed by atoms with van der Waals surface area (Å²) in [4.78, 5) is 27.6. The Labute approximate surface area is 180 Å². The largest absolute Gasteiger partial charge is 0.365 e. The van der Waals surface area contributed by atoms with Crippen molar-refractivity contribution in [1.82, 2.24) is 25.1 Å². The summed E-state index contributed by atoms with van der Waals surface area (Å²) in [5.41, 5.74) is 8.28. The number of para-hydroxylation sites is 1. The van der Waals surface area contributed by atoms with E-state index < -0.39 is 5.91 Å². The molecular weight excluding hydrogens is 408 g/mol. The van der Waals surface area contributed by atoms with E-state index in [0.29, 0.717) is 16.7 Å². The minimum absolute atomic E-state index is 0.0200. The zero-order valence-electron chi connectivity index (χ0n) is 16.4. The first-order valence-electron chi connectivity index (χ1n) is 9.48. The van der Waals surface area contributed by atoms with Crippen molar-refractivity contribution in [3.8, 4) is 11.9 Å². The van der Waals surface area contributed by atoms with E-state index in [1.165, 1.54) is 6.07 Å². The summed E-state index contributed by atoms with van der Waals surface area (Å²) in [6.45, 7) is 0. The first-order chi connectivity index (χ1) is 15.6. The molecule has 10 nitrogen and oxygen atoms in total.